The highest BCUT2D eigenvalue weighted by Gasteiger charge is 2.07. The minimum atomic E-state index is -1.08. The van der Waals surface area contributed by atoms with Crippen LogP contribution in [0.25, 0.3) is 0 Å². The molecule has 0 aromatic carbocycles. The Balaban J connectivity index is 3.08. The highest BCUT2D eigenvalue weighted by Crippen LogP contribution is 2.06. The third kappa shape index (κ3) is 1.90. The van der Waals surface area contributed by atoms with E-state index in [1.54, 1.807) is 6.92 Å². The van der Waals surface area contributed by atoms with E-state index in [4.69, 9.17) is 10.2 Å². The summed E-state index contributed by atoms with van der Waals surface area (Å²) >= 11 is 0. The number of aliphatic hydroxyl groups is 2. The van der Waals surface area contributed by atoms with Gasteiger partial charge in [0.2, 0.25) is 0 Å². The lowest BCUT2D eigenvalue weighted by atomic mass is 10.2. The van der Waals surface area contributed by atoms with Crippen LogP contribution in [0.1, 0.15) is 17.5 Å². The molecule has 1 rings (SSSR count). The zero-order valence-electron chi connectivity index (χ0n) is 6.61. The second-order valence-electron chi connectivity index (χ2n) is 2.49. The lowest BCUT2D eigenvalue weighted by molar-refractivity contribution is 0.0919. The molecule has 66 valence electrons. The smallest absolute Gasteiger partial charge is 0.345 e. The van der Waals surface area contributed by atoms with Gasteiger partial charge in [-0.15, -0.1) is 0 Å². The number of aryl methyl sites for hydroxylation is 1. The molecular weight excluding hydrogens is 160 g/mol. The highest BCUT2D eigenvalue weighted by atomic mass is 16.3. The molecule has 0 aliphatic carbocycles. The van der Waals surface area contributed by atoms with Crippen LogP contribution in [0.2, 0.25) is 0 Å². The molecule has 1 aromatic heterocycles. The van der Waals surface area contributed by atoms with Crippen molar-refractivity contribution in [3.63, 3.8) is 0 Å². The maximum Gasteiger partial charge on any atom is 0.345 e. The standard InChI is InChI=1S/C7H10N2O3/c1-4-2-5(6(11)3-10)9-7(12)8-4/h2,6,10-11H,3H2,1H3,(H,8,9,12). The summed E-state index contributed by atoms with van der Waals surface area (Å²) in [5.41, 5.74) is 0.286. The van der Waals surface area contributed by atoms with E-state index < -0.39 is 18.4 Å². The Bertz CT molecular complexity index is 321. The number of nitrogens with zero attached hydrogens (tertiary/aromatic N) is 1. The Kier molecular flexibility index (Phi) is 2.57. The summed E-state index contributed by atoms with van der Waals surface area (Å²) in [6.45, 7) is 1.24. The molecule has 0 fully saturated rings. The topological polar surface area (TPSA) is 86.2 Å². The van der Waals surface area contributed by atoms with E-state index in [2.05, 4.69) is 9.97 Å². The Hall–Kier alpha value is -1.20. The van der Waals surface area contributed by atoms with Gasteiger partial charge < -0.3 is 15.2 Å². The van der Waals surface area contributed by atoms with Crippen LogP contribution in [0.15, 0.2) is 10.9 Å². The molecule has 12 heavy (non-hydrogen) atoms. The van der Waals surface area contributed by atoms with Crippen molar-refractivity contribution < 1.29 is 10.2 Å². The first-order valence-electron chi connectivity index (χ1n) is 3.50. The maximum atomic E-state index is 10.8. The van der Waals surface area contributed by atoms with Crippen LogP contribution < -0.4 is 5.69 Å². The predicted molar refractivity (Wildman–Crippen MR) is 41.6 cm³/mol. The highest BCUT2D eigenvalue weighted by molar-refractivity contribution is 5.08. The van der Waals surface area contributed by atoms with Crippen molar-refractivity contribution in [1.29, 1.82) is 0 Å². The van der Waals surface area contributed by atoms with Crippen LogP contribution >= 0.6 is 0 Å². The summed E-state index contributed by atoms with van der Waals surface area (Å²) in [6, 6.07) is 1.52. The number of hydrogen-bond donors (Lipinski definition) is 3. The lowest BCUT2D eigenvalue weighted by Gasteiger charge is -2.05. The minimum Gasteiger partial charge on any atom is -0.393 e. The zero-order chi connectivity index (χ0) is 9.14. The van der Waals surface area contributed by atoms with Gasteiger partial charge in [0.1, 0.15) is 6.10 Å². The van der Waals surface area contributed by atoms with E-state index in [9.17, 15) is 4.79 Å². The molecule has 0 aliphatic rings. The fourth-order valence-electron chi connectivity index (χ4n) is 0.868. The summed E-state index contributed by atoms with van der Waals surface area (Å²) in [5.74, 6) is 0. The predicted octanol–water partition coefficient (Wildman–Crippen LogP) is -0.896. The van der Waals surface area contributed by atoms with Crippen LogP contribution in [0, 0.1) is 6.92 Å². The van der Waals surface area contributed by atoms with Gasteiger partial charge in [0.25, 0.3) is 0 Å². The Morgan fingerprint density at radius 2 is 2.42 bits per heavy atom. The molecule has 0 spiro atoms. The van der Waals surface area contributed by atoms with Crippen LogP contribution in [-0.4, -0.2) is 26.8 Å². The Labute approximate surface area is 68.7 Å². The molecule has 0 saturated carbocycles. The first kappa shape index (κ1) is 8.89. The fraction of sp³-hybridized carbons (Fsp3) is 0.429. The molecular formula is C7H10N2O3. The molecule has 0 aliphatic heterocycles. The van der Waals surface area contributed by atoms with Gasteiger partial charge >= 0.3 is 5.69 Å². The molecule has 1 aromatic rings. The minimum absolute atomic E-state index is 0.193. The number of nitrogens with one attached hydrogen (secondary N) is 1. The summed E-state index contributed by atoms with van der Waals surface area (Å²) in [5, 5.41) is 17.7. The molecule has 0 radical (unpaired) electrons. The van der Waals surface area contributed by atoms with Crippen LogP contribution in [0.5, 0.6) is 0 Å². The lowest BCUT2D eigenvalue weighted by Crippen LogP contribution is -2.17. The molecule has 0 amide bonds. The number of rotatable bonds is 2. The van der Waals surface area contributed by atoms with Gasteiger partial charge in [-0.25, -0.2) is 4.79 Å². The maximum absolute atomic E-state index is 10.8. The third-order valence-electron chi connectivity index (χ3n) is 1.41. The van der Waals surface area contributed by atoms with Crippen LogP contribution in [0.3, 0.4) is 0 Å². The van der Waals surface area contributed by atoms with Gasteiger partial charge in [0.15, 0.2) is 0 Å². The summed E-state index contributed by atoms with van der Waals surface area (Å²) in [7, 11) is 0. The van der Waals surface area contributed by atoms with Crippen molar-refractivity contribution in [3.8, 4) is 0 Å². The van der Waals surface area contributed by atoms with E-state index in [1.165, 1.54) is 6.07 Å². The van der Waals surface area contributed by atoms with Crippen LogP contribution in [-0.2, 0) is 0 Å². The van der Waals surface area contributed by atoms with Gasteiger partial charge in [0.05, 0.1) is 12.3 Å². The average molecular weight is 170 g/mol. The molecule has 0 bridgehead atoms. The monoisotopic (exact) mass is 170 g/mol. The van der Waals surface area contributed by atoms with E-state index in [0.29, 0.717) is 5.69 Å². The normalized spacial score (nSPS) is 12.9. The first-order valence-corrected chi connectivity index (χ1v) is 3.50. The summed E-state index contributed by atoms with van der Waals surface area (Å²) in [4.78, 5) is 16.7. The number of hydrogen-bond acceptors (Lipinski definition) is 4. The Morgan fingerprint density at radius 1 is 1.75 bits per heavy atom. The summed E-state index contributed by atoms with van der Waals surface area (Å²) in [6.07, 6.45) is -1.08. The van der Waals surface area contributed by atoms with Crippen molar-refractivity contribution in [3.05, 3.63) is 27.9 Å². The molecule has 0 saturated heterocycles. The zero-order valence-corrected chi connectivity index (χ0v) is 6.61. The van der Waals surface area contributed by atoms with Gasteiger partial charge in [-0.05, 0) is 13.0 Å². The van der Waals surface area contributed by atoms with Crippen molar-refractivity contribution in [2.45, 2.75) is 13.0 Å². The summed E-state index contributed by atoms with van der Waals surface area (Å²) < 4.78 is 0. The second kappa shape index (κ2) is 3.46. The quantitative estimate of drug-likeness (QED) is 0.537. The molecule has 1 atom stereocenters. The van der Waals surface area contributed by atoms with Gasteiger partial charge in [-0.2, -0.15) is 4.98 Å². The number of aromatic amines is 1. The molecule has 3 N–H and O–H groups in total. The van der Waals surface area contributed by atoms with E-state index >= 15 is 0 Å². The van der Waals surface area contributed by atoms with E-state index in [-0.39, 0.29) is 5.69 Å². The third-order valence-corrected chi connectivity index (χ3v) is 1.41. The number of aromatic nitrogens is 2. The Morgan fingerprint density at radius 3 is 2.92 bits per heavy atom. The molecule has 5 heteroatoms. The van der Waals surface area contributed by atoms with Crippen LogP contribution in [0.4, 0.5) is 0 Å². The molecule has 1 heterocycles. The van der Waals surface area contributed by atoms with Crippen molar-refractivity contribution in [1.82, 2.24) is 9.97 Å². The fourth-order valence-corrected chi connectivity index (χ4v) is 0.868. The number of H-pyrrole nitrogens is 1. The second-order valence-corrected chi connectivity index (χ2v) is 2.49. The largest absolute Gasteiger partial charge is 0.393 e. The van der Waals surface area contributed by atoms with E-state index in [0.717, 1.165) is 0 Å². The van der Waals surface area contributed by atoms with Crippen molar-refractivity contribution >= 4 is 0 Å². The average Bonchev–Trinajstić information content (AvgIpc) is 2.01. The molecule has 5 nitrogen and oxygen atoms in total. The van der Waals surface area contributed by atoms with Gasteiger partial charge in [0, 0.05) is 5.69 Å². The SMILES string of the molecule is Cc1cc(C(O)CO)nc(=O)[nH]1. The van der Waals surface area contributed by atoms with Crippen molar-refractivity contribution in [2.24, 2.45) is 0 Å². The van der Waals surface area contributed by atoms with Gasteiger partial charge in [-0.3, -0.25) is 0 Å². The van der Waals surface area contributed by atoms with E-state index in [1.807, 2.05) is 0 Å². The van der Waals surface area contributed by atoms with Crippen molar-refractivity contribution in [2.75, 3.05) is 6.61 Å². The molecule has 1 unspecified atom stereocenters. The van der Waals surface area contributed by atoms with Gasteiger partial charge in [-0.1, -0.05) is 0 Å². The first-order chi connectivity index (χ1) is 5.63. The number of aliphatic hydroxyl groups excluding tert-OH is 2.